The zero-order chi connectivity index (χ0) is 18.6. The highest BCUT2D eigenvalue weighted by Crippen LogP contribution is 2.37. The van der Waals surface area contributed by atoms with Gasteiger partial charge in [-0.15, -0.1) is 11.3 Å². The molecule has 1 aromatic carbocycles. The molecule has 0 aliphatic rings. The summed E-state index contributed by atoms with van der Waals surface area (Å²) in [4.78, 5) is 24.6. The van der Waals surface area contributed by atoms with Gasteiger partial charge in [-0.05, 0) is 51.3 Å². The van der Waals surface area contributed by atoms with Gasteiger partial charge in [0.1, 0.15) is 10.6 Å². The van der Waals surface area contributed by atoms with Gasteiger partial charge in [-0.2, -0.15) is 0 Å². The van der Waals surface area contributed by atoms with Crippen LogP contribution in [-0.4, -0.2) is 18.5 Å². The number of esters is 1. The number of benzene rings is 1. The normalized spacial score (nSPS) is 10.3. The molecule has 1 heterocycles. The average molecular weight is 357 g/mol. The maximum Gasteiger partial charge on any atom is 0.341 e. The largest absolute Gasteiger partial charge is 0.462 e. The van der Waals surface area contributed by atoms with E-state index in [-0.39, 0.29) is 12.5 Å². The molecule has 0 fully saturated rings. The number of allylic oxidation sites excluding steroid dienone is 1. The van der Waals surface area contributed by atoms with Crippen LogP contribution < -0.4 is 5.32 Å². The molecule has 0 bridgehead atoms. The van der Waals surface area contributed by atoms with Crippen molar-refractivity contribution in [3.05, 3.63) is 51.9 Å². The molecular formula is C20H23NO3S. The number of hydrogen-bond acceptors (Lipinski definition) is 4. The zero-order valence-corrected chi connectivity index (χ0v) is 16.0. The molecule has 0 radical (unpaired) electrons. The number of amides is 1. The minimum atomic E-state index is -0.426. The molecule has 2 aromatic rings. The Kier molecular flexibility index (Phi) is 6.15. The van der Waals surface area contributed by atoms with Gasteiger partial charge in [0, 0.05) is 17.0 Å². The summed E-state index contributed by atoms with van der Waals surface area (Å²) >= 11 is 1.33. The monoisotopic (exact) mass is 357 g/mol. The zero-order valence-electron chi connectivity index (χ0n) is 15.2. The molecular weight excluding hydrogens is 334 g/mol. The van der Waals surface area contributed by atoms with E-state index in [0.717, 1.165) is 22.3 Å². The van der Waals surface area contributed by atoms with Crippen molar-refractivity contribution in [2.24, 2.45) is 0 Å². The van der Waals surface area contributed by atoms with Gasteiger partial charge in [0.2, 0.25) is 5.91 Å². The molecule has 0 saturated carbocycles. The molecule has 4 nitrogen and oxygen atoms in total. The third-order valence-electron chi connectivity index (χ3n) is 3.74. The van der Waals surface area contributed by atoms with Crippen molar-refractivity contribution in [3.8, 4) is 11.1 Å². The summed E-state index contributed by atoms with van der Waals surface area (Å²) in [6.45, 7) is 9.82. The molecule has 25 heavy (non-hydrogen) atoms. The van der Waals surface area contributed by atoms with Crippen LogP contribution in [0.15, 0.2) is 35.2 Å². The average Bonchev–Trinajstić information content (AvgIpc) is 2.93. The van der Waals surface area contributed by atoms with Crippen molar-refractivity contribution in [2.75, 3.05) is 11.9 Å². The Morgan fingerprint density at radius 2 is 1.92 bits per heavy atom. The molecule has 0 spiro atoms. The Morgan fingerprint density at radius 3 is 2.52 bits per heavy atom. The first-order valence-electron chi connectivity index (χ1n) is 8.15. The number of thiophene rings is 1. The van der Waals surface area contributed by atoms with E-state index in [9.17, 15) is 9.59 Å². The minimum absolute atomic E-state index is 0.251. The van der Waals surface area contributed by atoms with Gasteiger partial charge in [-0.25, -0.2) is 4.79 Å². The summed E-state index contributed by atoms with van der Waals surface area (Å²) in [5, 5.41) is 5.19. The second kappa shape index (κ2) is 8.12. The molecule has 1 amide bonds. The van der Waals surface area contributed by atoms with Gasteiger partial charge >= 0.3 is 5.97 Å². The summed E-state index contributed by atoms with van der Waals surface area (Å²) in [5.74, 6) is -0.677. The van der Waals surface area contributed by atoms with Crippen molar-refractivity contribution < 1.29 is 14.3 Å². The Bertz CT molecular complexity index is 829. The van der Waals surface area contributed by atoms with E-state index >= 15 is 0 Å². The van der Waals surface area contributed by atoms with Crippen LogP contribution in [0.3, 0.4) is 0 Å². The highest BCUT2D eigenvalue weighted by Gasteiger charge is 2.22. The van der Waals surface area contributed by atoms with E-state index in [0.29, 0.717) is 10.6 Å². The lowest BCUT2D eigenvalue weighted by Gasteiger charge is -2.09. The van der Waals surface area contributed by atoms with Gasteiger partial charge in [0.05, 0.1) is 6.61 Å². The van der Waals surface area contributed by atoms with Gasteiger partial charge in [0.25, 0.3) is 0 Å². The van der Waals surface area contributed by atoms with Gasteiger partial charge in [0.15, 0.2) is 0 Å². The smallest absolute Gasteiger partial charge is 0.341 e. The first-order chi connectivity index (χ1) is 11.8. The Hall–Kier alpha value is -2.40. The summed E-state index contributed by atoms with van der Waals surface area (Å²) in [5.41, 5.74) is 5.35. The third kappa shape index (κ3) is 4.57. The summed E-state index contributed by atoms with van der Waals surface area (Å²) < 4.78 is 5.21. The van der Waals surface area contributed by atoms with Crippen molar-refractivity contribution in [3.63, 3.8) is 0 Å². The predicted molar refractivity (Wildman–Crippen MR) is 103 cm³/mol. The summed E-state index contributed by atoms with van der Waals surface area (Å²) in [6.07, 6.45) is 1.50. The SMILES string of the molecule is CCOC(=O)c1c(-c2ccc(C)c(C)c2)csc1NC(=O)C=C(C)C. The number of ether oxygens (including phenoxy) is 1. The molecule has 1 N–H and O–H groups in total. The van der Waals surface area contributed by atoms with E-state index < -0.39 is 5.97 Å². The quantitative estimate of drug-likeness (QED) is 0.597. The molecule has 0 aliphatic carbocycles. The molecule has 0 atom stereocenters. The van der Waals surface area contributed by atoms with Crippen molar-refractivity contribution >= 4 is 28.2 Å². The number of carbonyl (C=O) groups excluding carboxylic acids is 2. The second-order valence-corrected chi connectivity index (χ2v) is 6.96. The van der Waals surface area contributed by atoms with Crippen molar-refractivity contribution in [1.82, 2.24) is 0 Å². The van der Waals surface area contributed by atoms with Crippen LogP contribution in [0.5, 0.6) is 0 Å². The fraction of sp³-hybridized carbons (Fsp3) is 0.300. The highest BCUT2D eigenvalue weighted by molar-refractivity contribution is 7.15. The number of anilines is 1. The van der Waals surface area contributed by atoms with Crippen LogP contribution in [-0.2, 0) is 9.53 Å². The lowest BCUT2D eigenvalue weighted by atomic mass is 9.99. The minimum Gasteiger partial charge on any atom is -0.462 e. The number of rotatable bonds is 5. The Morgan fingerprint density at radius 1 is 1.20 bits per heavy atom. The molecule has 1 aromatic heterocycles. The van der Waals surface area contributed by atoms with Crippen LogP contribution in [0.25, 0.3) is 11.1 Å². The standard InChI is InChI=1S/C20H23NO3S/c1-6-24-20(23)18-16(15-8-7-13(4)14(5)10-15)11-25-19(18)21-17(22)9-12(2)3/h7-11H,6H2,1-5H3,(H,21,22). The molecule has 0 aliphatic heterocycles. The molecule has 0 saturated heterocycles. The second-order valence-electron chi connectivity index (χ2n) is 6.08. The van der Waals surface area contributed by atoms with E-state index in [4.69, 9.17) is 4.74 Å². The molecule has 0 unspecified atom stereocenters. The first-order valence-corrected chi connectivity index (χ1v) is 9.03. The number of hydrogen-bond donors (Lipinski definition) is 1. The maximum atomic E-state index is 12.5. The first kappa shape index (κ1) is 18.9. The summed E-state index contributed by atoms with van der Waals surface area (Å²) in [6, 6.07) is 6.05. The van der Waals surface area contributed by atoms with E-state index in [2.05, 4.69) is 5.32 Å². The molecule has 2 rings (SSSR count). The van der Waals surface area contributed by atoms with Gasteiger partial charge in [-0.1, -0.05) is 23.8 Å². The number of aryl methyl sites for hydroxylation is 2. The fourth-order valence-electron chi connectivity index (χ4n) is 2.39. The fourth-order valence-corrected chi connectivity index (χ4v) is 3.35. The predicted octanol–water partition coefficient (Wildman–Crippen LogP) is 5.11. The van der Waals surface area contributed by atoms with Crippen LogP contribution in [0.1, 0.15) is 42.3 Å². The molecule has 5 heteroatoms. The van der Waals surface area contributed by atoms with Gasteiger partial charge in [-0.3, -0.25) is 4.79 Å². The number of nitrogens with one attached hydrogen (secondary N) is 1. The van der Waals surface area contributed by atoms with Crippen LogP contribution in [0.4, 0.5) is 5.00 Å². The lowest BCUT2D eigenvalue weighted by Crippen LogP contribution is -2.12. The van der Waals surface area contributed by atoms with Crippen molar-refractivity contribution in [1.29, 1.82) is 0 Å². The number of carbonyl (C=O) groups is 2. The maximum absolute atomic E-state index is 12.5. The van der Waals surface area contributed by atoms with Gasteiger partial charge < -0.3 is 10.1 Å². The van der Waals surface area contributed by atoms with Crippen molar-refractivity contribution in [2.45, 2.75) is 34.6 Å². The topological polar surface area (TPSA) is 55.4 Å². The summed E-state index contributed by atoms with van der Waals surface area (Å²) in [7, 11) is 0. The van der Waals surface area contributed by atoms with E-state index in [1.807, 2.05) is 51.3 Å². The van der Waals surface area contributed by atoms with Crippen LogP contribution in [0.2, 0.25) is 0 Å². The molecule has 132 valence electrons. The van der Waals surface area contributed by atoms with Crippen LogP contribution in [0, 0.1) is 13.8 Å². The van der Waals surface area contributed by atoms with Crippen LogP contribution >= 0.6 is 11.3 Å². The van der Waals surface area contributed by atoms with E-state index in [1.54, 1.807) is 6.92 Å². The third-order valence-corrected chi connectivity index (χ3v) is 4.64. The Balaban J connectivity index is 2.49. The lowest BCUT2D eigenvalue weighted by molar-refractivity contribution is -0.111. The highest BCUT2D eigenvalue weighted by atomic mass is 32.1. The van der Waals surface area contributed by atoms with E-state index in [1.165, 1.54) is 23.0 Å². The Labute approximate surface area is 152 Å².